The molecule has 0 bridgehead atoms. The predicted molar refractivity (Wildman–Crippen MR) is 86.2 cm³/mol. The highest BCUT2D eigenvalue weighted by Crippen LogP contribution is 2.09. The molecule has 0 aromatic carbocycles. The van der Waals surface area contributed by atoms with E-state index >= 15 is 0 Å². The van der Waals surface area contributed by atoms with Gasteiger partial charge in [-0.25, -0.2) is 9.13 Å². The number of imidazole rings is 1. The van der Waals surface area contributed by atoms with Gasteiger partial charge in [-0.2, -0.15) is 0 Å². The Morgan fingerprint density at radius 3 is 2.50 bits per heavy atom. The van der Waals surface area contributed by atoms with Crippen LogP contribution in [0.15, 0.2) is 12.4 Å². The molecule has 1 aromatic rings. The van der Waals surface area contributed by atoms with Gasteiger partial charge >= 0.3 is 0 Å². The molecule has 0 N–H and O–H groups in total. The summed E-state index contributed by atoms with van der Waals surface area (Å²) in [5.74, 6) is 0.391. The summed E-state index contributed by atoms with van der Waals surface area (Å²) in [4.78, 5) is 10.6. The van der Waals surface area contributed by atoms with Crippen molar-refractivity contribution in [3.05, 3.63) is 18.2 Å². The number of carboxylic acids is 1. The van der Waals surface area contributed by atoms with E-state index in [2.05, 4.69) is 35.4 Å². The van der Waals surface area contributed by atoms with Gasteiger partial charge in [0.1, 0.15) is 12.4 Å². The summed E-state index contributed by atoms with van der Waals surface area (Å²) in [6.45, 7) is 6.25. The van der Waals surface area contributed by atoms with Gasteiger partial charge in [-0.3, -0.25) is 0 Å². The van der Waals surface area contributed by atoms with Crippen LogP contribution < -0.4 is 9.67 Å². The predicted octanol–water partition coefficient (Wildman–Crippen LogP) is 2.62. The SMILES string of the molecule is CCCCCCCCc1n(CCCC(=O)[O-])cc[n+]1CCC. The summed E-state index contributed by atoms with van der Waals surface area (Å²) in [6.07, 6.45) is 15.0. The standard InChI is InChI=1S/C18H32N2O2/c1-3-5-6-7-8-9-11-17-19(13-4-2)15-16-20(17)14-10-12-18(21)22/h15-16H,3-14H2,1-2H3. The van der Waals surface area contributed by atoms with Crippen molar-refractivity contribution in [2.75, 3.05) is 0 Å². The van der Waals surface area contributed by atoms with Gasteiger partial charge in [0.2, 0.25) is 0 Å². The Hall–Kier alpha value is -1.32. The van der Waals surface area contributed by atoms with E-state index in [1.807, 2.05) is 0 Å². The summed E-state index contributed by atoms with van der Waals surface area (Å²) in [5.41, 5.74) is 0. The molecule has 0 spiro atoms. The Morgan fingerprint density at radius 2 is 1.82 bits per heavy atom. The zero-order chi connectivity index (χ0) is 16.2. The summed E-state index contributed by atoms with van der Waals surface area (Å²) >= 11 is 0. The third-order valence-electron chi connectivity index (χ3n) is 4.09. The van der Waals surface area contributed by atoms with E-state index in [9.17, 15) is 9.90 Å². The molecule has 0 aliphatic heterocycles. The molecule has 0 saturated heterocycles. The lowest BCUT2D eigenvalue weighted by Gasteiger charge is -2.06. The molecule has 4 nitrogen and oxygen atoms in total. The Labute approximate surface area is 135 Å². The summed E-state index contributed by atoms with van der Waals surface area (Å²) in [7, 11) is 0. The lowest BCUT2D eigenvalue weighted by atomic mass is 10.1. The first-order valence-electron chi connectivity index (χ1n) is 8.96. The topological polar surface area (TPSA) is 48.9 Å². The van der Waals surface area contributed by atoms with E-state index < -0.39 is 5.97 Å². The van der Waals surface area contributed by atoms with Gasteiger partial charge in [-0.15, -0.1) is 0 Å². The number of hydrogen-bond acceptors (Lipinski definition) is 2. The van der Waals surface area contributed by atoms with Crippen LogP contribution in [0.4, 0.5) is 0 Å². The molecule has 0 unspecified atom stereocenters. The van der Waals surface area contributed by atoms with Crippen LogP contribution >= 0.6 is 0 Å². The molecule has 0 fully saturated rings. The normalized spacial score (nSPS) is 11.0. The van der Waals surface area contributed by atoms with Gasteiger partial charge in [0.25, 0.3) is 5.82 Å². The van der Waals surface area contributed by atoms with E-state index in [0.717, 1.165) is 25.9 Å². The maximum Gasteiger partial charge on any atom is 0.256 e. The third kappa shape index (κ3) is 7.10. The minimum absolute atomic E-state index is 0.141. The molecule has 22 heavy (non-hydrogen) atoms. The Kier molecular flexibility index (Phi) is 9.60. The second kappa shape index (κ2) is 11.3. The Balaban J connectivity index is 2.48. The lowest BCUT2D eigenvalue weighted by molar-refractivity contribution is -0.703. The molecule has 1 aromatic heterocycles. The fourth-order valence-corrected chi connectivity index (χ4v) is 2.89. The molecule has 0 radical (unpaired) electrons. The van der Waals surface area contributed by atoms with E-state index in [-0.39, 0.29) is 6.42 Å². The molecule has 0 amide bonds. The molecule has 1 heterocycles. The number of aryl methyl sites for hydroxylation is 2. The number of aromatic nitrogens is 2. The highest BCUT2D eigenvalue weighted by atomic mass is 16.4. The minimum Gasteiger partial charge on any atom is -0.550 e. The van der Waals surface area contributed by atoms with Crippen LogP contribution in [0.5, 0.6) is 0 Å². The number of carboxylic acid groups (broad SMARTS) is 1. The zero-order valence-electron chi connectivity index (χ0n) is 14.4. The highest BCUT2D eigenvalue weighted by Gasteiger charge is 2.15. The molecular weight excluding hydrogens is 276 g/mol. The largest absolute Gasteiger partial charge is 0.550 e. The van der Waals surface area contributed by atoms with Crippen LogP contribution in [-0.2, 0) is 24.3 Å². The van der Waals surface area contributed by atoms with Gasteiger partial charge in [-0.05, 0) is 25.7 Å². The molecule has 0 aliphatic rings. The Morgan fingerprint density at radius 1 is 1.09 bits per heavy atom. The van der Waals surface area contributed by atoms with Crippen molar-refractivity contribution in [2.45, 2.75) is 91.1 Å². The van der Waals surface area contributed by atoms with Crippen molar-refractivity contribution in [2.24, 2.45) is 0 Å². The van der Waals surface area contributed by atoms with E-state index in [1.165, 1.54) is 44.3 Å². The first kappa shape index (κ1) is 18.7. The molecule has 1 rings (SSSR count). The summed E-state index contributed by atoms with van der Waals surface area (Å²) in [5, 5.41) is 10.6. The van der Waals surface area contributed by atoms with Crippen molar-refractivity contribution < 1.29 is 14.5 Å². The van der Waals surface area contributed by atoms with E-state index in [1.54, 1.807) is 0 Å². The monoisotopic (exact) mass is 308 g/mol. The van der Waals surface area contributed by atoms with E-state index in [0.29, 0.717) is 6.42 Å². The number of hydrogen-bond donors (Lipinski definition) is 0. The molecule has 0 aliphatic carbocycles. The lowest BCUT2D eigenvalue weighted by Crippen LogP contribution is -2.37. The number of carbonyl (C=O) groups is 1. The maximum absolute atomic E-state index is 10.6. The maximum atomic E-state index is 10.6. The van der Waals surface area contributed by atoms with Crippen LogP contribution in [0, 0.1) is 0 Å². The van der Waals surface area contributed by atoms with Crippen molar-refractivity contribution >= 4 is 5.97 Å². The van der Waals surface area contributed by atoms with Crippen LogP contribution in [-0.4, -0.2) is 10.5 Å². The molecular formula is C18H32N2O2. The molecule has 0 saturated carbocycles. The van der Waals surface area contributed by atoms with E-state index in [4.69, 9.17) is 0 Å². The van der Waals surface area contributed by atoms with Gasteiger partial charge in [0.15, 0.2) is 0 Å². The average Bonchev–Trinajstić information content (AvgIpc) is 2.85. The van der Waals surface area contributed by atoms with Crippen molar-refractivity contribution in [1.29, 1.82) is 0 Å². The van der Waals surface area contributed by atoms with Crippen LogP contribution in [0.1, 0.15) is 77.5 Å². The molecule has 0 atom stereocenters. The highest BCUT2D eigenvalue weighted by molar-refractivity contribution is 5.64. The second-order valence-electron chi connectivity index (χ2n) is 6.09. The fraction of sp³-hybridized carbons (Fsp3) is 0.778. The van der Waals surface area contributed by atoms with Gasteiger partial charge in [0, 0.05) is 12.4 Å². The first-order chi connectivity index (χ1) is 10.7. The fourth-order valence-electron chi connectivity index (χ4n) is 2.89. The average molecular weight is 308 g/mol. The Bertz CT molecular complexity index is 427. The third-order valence-corrected chi connectivity index (χ3v) is 4.09. The van der Waals surface area contributed by atoms with Crippen LogP contribution in [0.25, 0.3) is 0 Å². The summed E-state index contributed by atoms with van der Waals surface area (Å²) in [6, 6.07) is 0. The van der Waals surface area contributed by atoms with Crippen LogP contribution in [0.2, 0.25) is 0 Å². The number of unbranched alkanes of at least 4 members (excludes halogenated alkanes) is 5. The number of rotatable bonds is 13. The smallest absolute Gasteiger partial charge is 0.256 e. The zero-order valence-corrected chi connectivity index (χ0v) is 14.4. The quantitative estimate of drug-likeness (QED) is 0.415. The number of carbonyl (C=O) groups excluding carboxylic acids is 1. The van der Waals surface area contributed by atoms with Crippen LogP contribution in [0.3, 0.4) is 0 Å². The van der Waals surface area contributed by atoms with Gasteiger partial charge in [-0.1, -0.05) is 46.0 Å². The van der Waals surface area contributed by atoms with Crippen molar-refractivity contribution in [1.82, 2.24) is 4.57 Å². The first-order valence-corrected chi connectivity index (χ1v) is 8.96. The van der Waals surface area contributed by atoms with Gasteiger partial charge in [0.05, 0.1) is 13.1 Å². The molecule has 126 valence electrons. The van der Waals surface area contributed by atoms with Gasteiger partial charge < -0.3 is 9.90 Å². The summed E-state index contributed by atoms with van der Waals surface area (Å²) < 4.78 is 4.55. The second-order valence-corrected chi connectivity index (χ2v) is 6.09. The van der Waals surface area contributed by atoms with Crippen molar-refractivity contribution in [3.63, 3.8) is 0 Å². The van der Waals surface area contributed by atoms with Crippen molar-refractivity contribution in [3.8, 4) is 0 Å². The minimum atomic E-state index is -0.953. The number of nitrogens with zero attached hydrogens (tertiary/aromatic N) is 2. The molecule has 4 heteroatoms. The number of aliphatic carboxylic acids is 1.